The molecule has 1 heterocycles. The molecular formula is C14H18N2O. The molecule has 0 saturated heterocycles. The molecule has 0 N–H and O–H groups in total. The van der Waals surface area contributed by atoms with E-state index in [1.165, 1.54) is 16.5 Å². The lowest BCUT2D eigenvalue weighted by Crippen LogP contribution is -2.26. The molecule has 2 aromatic rings. The number of aryl methyl sites for hydroxylation is 1. The fourth-order valence-electron chi connectivity index (χ4n) is 2.04. The van der Waals surface area contributed by atoms with Crippen LogP contribution in [0.4, 0.5) is 0 Å². The monoisotopic (exact) mass is 230 g/mol. The van der Waals surface area contributed by atoms with Crippen molar-refractivity contribution in [1.82, 2.24) is 9.47 Å². The molecule has 0 fully saturated rings. The van der Waals surface area contributed by atoms with Crippen molar-refractivity contribution in [3.8, 4) is 0 Å². The highest BCUT2D eigenvalue weighted by Crippen LogP contribution is 2.20. The van der Waals surface area contributed by atoms with Crippen molar-refractivity contribution in [2.75, 3.05) is 14.1 Å². The number of hydrogen-bond donors (Lipinski definition) is 0. The molecular weight excluding hydrogens is 212 g/mol. The molecule has 3 heteroatoms. The predicted molar refractivity (Wildman–Crippen MR) is 70.0 cm³/mol. The number of carbonyl (C=O) groups is 1. The van der Waals surface area contributed by atoms with E-state index in [1.54, 1.807) is 19.0 Å². The Balaban J connectivity index is 2.44. The van der Waals surface area contributed by atoms with Crippen molar-refractivity contribution >= 4 is 16.8 Å². The third-order valence-electron chi connectivity index (χ3n) is 3.06. The van der Waals surface area contributed by atoms with Gasteiger partial charge in [0.1, 0.15) is 6.54 Å². The zero-order valence-corrected chi connectivity index (χ0v) is 10.6. The van der Waals surface area contributed by atoms with Gasteiger partial charge in [-0.25, -0.2) is 0 Å². The molecule has 0 aliphatic rings. The molecule has 0 bridgehead atoms. The Morgan fingerprint density at radius 3 is 2.71 bits per heavy atom. The summed E-state index contributed by atoms with van der Waals surface area (Å²) in [5.74, 6) is 0.119. The molecule has 17 heavy (non-hydrogen) atoms. The summed E-state index contributed by atoms with van der Waals surface area (Å²) in [6.45, 7) is 2.55. The Labute approximate surface area is 102 Å². The summed E-state index contributed by atoms with van der Waals surface area (Å²) in [6.07, 6.45) is 2.97. The van der Waals surface area contributed by atoms with Gasteiger partial charge in [0, 0.05) is 20.3 Å². The largest absolute Gasteiger partial charge is 0.347 e. The molecule has 0 aliphatic carbocycles. The van der Waals surface area contributed by atoms with Crippen molar-refractivity contribution < 1.29 is 4.79 Å². The van der Waals surface area contributed by atoms with E-state index in [9.17, 15) is 4.79 Å². The van der Waals surface area contributed by atoms with Gasteiger partial charge in [-0.2, -0.15) is 0 Å². The quantitative estimate of drug-likeness (QED) is 0.794. The van der Waals surface area contributed by atoms with Crippen LogP contribution in [-0.4, -0.2) is 29.5 Å². The van der Waals surface area contributed by atoms with Crippen molar-refractivity contribution in [2.24, 2.45) is 0 Å². The summed E-state index contributed by atoms with van der Waals surface area (Å²) in [5.41, 5.74) is 2.48. The van der Waals surface area contributed by atoms with Gasteiger partial charge in [0.05, 0.1) is 5.52 Å². The summed E-state index contributed by atoms with van der Waals surface area (Å²) in [5, 5.41) is 1.20. The van der Waals surface area contributed by atoms with Gasteiger partial charge in [-0.15, -0.1) is 0 Å². The Hall–Kier alpha value is -1.77. The molecule has 0 aliphatic heterocycles. The topological polar surface area (TPSA) is 25.2 Å². The van der Waals surface area contributed by atoms with Gasteiger partial charge >= 0.3 is 0 Å². The number of hydrogen-bond acceptors (Lipinski definition) is 1. The van der Waals surface area contributed by atoms with Crippen molar-refractivity contribution in [3.05, 3.63) is 36.0 Å². The fraction of sp³-hybridized carbons (Fsp3) is 0.357. The lowest BCUT2D eigenvalue weighted by Gasteiger charge is -2.13. The number of carbonyl (C=O) groups excluding carboxylic acids is 1. The van der Waals surface area contributed by atoms with Gasteiger partial charge in [0.15, 0.2) is 0 Å². The maximum Gasteiger partial charge on any atom is 0.241 e. The lowest BCUT2D eigenvalue weighted by atomic mass is 10.1. The standard InChI is InChI=1S/C14H18N2O/c1-4-11-6-5-7-12-8-9-16(14(11)12)10-13(17)15(2)3/h5-9H,4,10H2,1-3H3. The molecule has 90 valence electrons. The van der Waals surface area contributed by atoms with E-state index < -0.39 is 0 Å². The van der Waals surface area contributed by atoms with Crippen molar-refractivity contribution in [2.45, 2.75) is 19.9 Å². The highest BCUT2D eigenvalue weighted by molar-refractivity contribution is 5.85. The summed E-state index contributed by atoms with van der Waals surface area (Å²) >= 11 is 0. The molecule has 1 aromatic carbocycles. The SMILES string of the molecule is CCc1cccc2ccn(CC(=O)N(C)C)c12. The van der Waals surface area contributed by atoms with Gasteiger partial charge < -0.3 is 9.47 Å². The molecule has 0 unspecified atom stereocenters. The predicted octanol–water partition coefficient (Wildman–Crippen LogP) is 2.29. The number of amides is 1. The second kappa shape index (κ2) is 4.62. The van der Waals surface area contributed by atoms with Crippen LogP contribution in [0.5, 0.6) is 0 Å². The van der Waals surface area contributed by atoms with Gasteiger partial charge in [-0.05, 0) is 23.4 Å². The Morgan fingerprint density at radius 1 is 1.29 bits per heavy atom. The number of fused-ring (bicyclic) bond motifs is 1. The average molecular weight is 230 g/mol. The summed E-state index contributed by atoms with van der Waals surface area (Å²) in [6, 6.07) is 8.35. The van der Waals surface area contributed by atoms with E-state index in [1.807, 2.05) is 10.8 Å². The van der Waals surface area contributed by atoms with Crippen LogP contribution in [0.1, 0.15) is 12.5 Å². The first-order valence-corrected chi connectivity index (χ1v) is 5.90. The van der Waals surface area contributed by atoms with Crippen LogP contribution in [-0.2, 0) is 17.8 Å². The number of benzene rings is 1. The average Bonchev–Trinajstić information content (AvgIpc) is 2.72. The van der Waals surface area contributed by atoms with Gasteiger partial charge in [-0.1, -0.05) is 25.1 Å². The smallest absolute Gasteiger partial charge is 0.241 e. The third-order valence-corrected chi connectivity index (χ3v) is 3.06. The maximum absolute atomic E-state index is 11.8. The van der Waals surface area contributed by atoms with Crippen LogP contribution in [0.15, 0.2) is 30.5 Å². The molecule has 1 amide bonds. The first-order valence-electron chi connectivity index (χ1n) is 5.90. The molecule has 0 atom stereocenters. The van der Waals surface area contributed by atoms with Crippen LogP contribution < -0.4 is 0 Å². The summed E-state index contributed by atoms with van der Waals surface area (Å²) in [4.78, 5) is 13.4. The normalized spacial score (nSPS) is 10.8. The molecule has 1 aromatic heterocycles. The Kier molecular flexibility index (Phi) is 3.18. The van der Waals surface area contributed by atoms with E-state index in [0.29, 0.717) is 6.54 Å². The third kappa shape index (κ3) is 2.18. The van der Waals surface area contributed by atoms with E-state index in [0.717, 1.165) is 6.42 Å². The van der Waals surface area contributed by atoms with Crippen molar-refractivity contribution in [1.29, 1.82) is 0 Å². The minimum Gasteiger partial charge on any atom is -0.347 e. The van der Waals surface area contributed by atoms with Crippen LogP contribution in [0, 0.1) is 0 Å². The van der Waals surface area contributed by atoms with Crippen LogP contribution in [0.3, 0.4) is 0 Å². The van der Waals surface area contributed by atoms with Crippen LogP contribution >= 0.6 is 0 Å². The minimum absolute atomic E-state index is 0.119. The van der Waals surface area contributed by atoms with Gasteiger partial charge in [0.25, 0.3) is 0 Å². The summed E-state index contributed by atoms with van der Waals surface area (Å²) in [7, 11) is 3.57. The minimum atomic E-state index is 0.119. The molecule has 3 nitrogen and oxygen atoms in total. The molecule has 0 radical (unpaired) electrons. The molecule has 0 spiro atoms. The Bertz CT molecular complexity index is 540. The van der Waals surface area contributed by atoms with Gasteiger partial charge in [0.2, 0.25) is 5.91 Å². The van der Waals surface area contributed by atoms with E-state index in [2.05, 4.69) is 31.2 Å². The van der Waals surface area contributed by atoms with E-state index in [-0.39, 0.29) is 5.91 Å². The first-order chi connectivity index (χ1) is 8.13. The zero-order valence-electron chi connectivity index (χ0n) is 10.6. The number of para-hydroxylation sites is 1. The number of aromatic nitrogens is 1. The number of nitrogens with zero attached hydrogens (tertiary/aromatic N) is 2. The number of rotatable bonds is 3. The maximum atomic E-state index is 11.8. The second-order valence-corrected chi connectivity index (χ2v) is 4.44. The number of likely N-dealkylation sites (N-methyl/N-ethyl adjacent to an activating group) is 1. The molecule has 0 saturated carbocycles. The van der Waals surface area contributed by atoms with E-state index in [4.69, 9.17) is 0 Å². The fourth-order valence-corrected chi connectivity index (χ4v) is 2.04. The zero-order chi connectivity index (χ0) is 12.4. The van der Waals surface area contributed by atoms with Crippen LogP contribution in [0.25, 0.3) is 10.9 Å². The summed E-state index contributed by atoms with van der Waals surface area (Å²) < 4.78 is 2.04. The Morgan fingerprint density at radius 2 is 2.06 bits per heavy atom. The highest BCUT2D eigenvalue weighted by atomic mass is 16.2. The molecule has 2 rings (SSSR count). The lowest BCUT2D eigenvalue weighted by molar-refractivity contribution is -0.129. The van der Waals surface area contributed by atoms with E-state index >= 15 is 0 Å². The first kappa shape index (κ1) is 11.7. The van der Waals surface area contributed by atoms with Crippen molar-refractivity contribution in [3.63, 3.8) is 0 Å². The van der Waals surface area contributed by atoms with Gasteiger partial charge in [-0.3, -0.25) is 4.79 Å². The van der Waals surface area contributed by atoms with Crippen LogP contribution in [0.2, 0.25) is 0 Å². The highest BCUT2D eigenvalue weighted by Gasteiger charge is 2.09. The second-order valence-electron chi connectivity index (χ2n) is 4.44.